The summed E-state index contributed by atoms with van der Waals surface area (Å²) in [5.74, 6) is 5.97. The third kappa shape index (κ3) is 15.0. The van der Waals surface area contributed by atoms with Gasteiger partial charge in [-0.1, -0.05) is 401 Å². The third-order valence-corrected chi connectivity index (χ3v) is 26.1. The Balaban J connectivity index is 0.000000118. The molecule has 0 fully saturated rings. The van der Waals surface area contributed by atoms with Crippen LogP contribution < -0.4 is 0 Å². The maximum Gasteiger partial charge on any atom is 0.164 e. The Morgan fingerprint density at radius 1 is 0.138 bits per heavy atom. The fraction of sp³-hybridized carbons (Fsp3) is 0.0826. The van der Waals surface area contributed by atoms with Crippen LogP contribution in [-0.2, 0) is 16.2 Å². The van der Waals surface area contributed by atoms with Gasteiger partial charge in [0.2, 0.25) is 0 Å². The number of hydrogen-bond acceptors (Lipinski definition) is 9. The molecular formula is C121H91N9. The Bertz CT molecular complexity index is 7740. The Morgan fingerprint density at radius 2 is 0.369 bits per heavy atom. The normalized spacial score (nSPS) is 13.0. The van der Waals surface area contributed by atoms with Gasteiger partial charge in [0, 0.05) is 66.3 Å². The first-order chi connectivity index (χ1) is 63.1. The van der Waals surface area contributed by atoms with Gasteiger partial charge < -0.3 is 0 Å². The van der Waals surface area contributed by atoms with Crippen LogP contribution in [-0.4, -0.2) is 44.9 Å². The number of rotatable bonds is 12. The van der Waals surface area contributed by atoms with Crippen molar-refractivity contribution in [2.75, 3.05) is 0 Å². The molecule has 130 heavy (non-hydrogen) atoms. The Labute approximate surface area is 758 Å². The first-order valence-electron chi connectivity index (χ1n) is 44.1. The second-order valence-corrected chi connectivity index (χ2v) is 35.2. The van der Waals surface area contributed by atoms with Gasteiger partial charge in [-0.05, 0) is 199 Å². The van der Waals surface area contributed by atoms with E-state index < -0.39 is 0 Å². The molecule has 18 aromatic carbocycles. The summed E-state index contributed by atoms with van der Waals surface area (Å²) in [6, 6.07) is 147. The van der Waals surface area contributed by atoms with Crippen molar-refractivity contribution in [3.05, 3.63) is 452 Å². The number of hydrogen-bond donors (Lipinski definition) is 0. The third-order valence-electron chi connectivity index (χ3n) is 26.1. The van der Waals surface area contributed by atoms with E-state index in [9.17, 15) is 0 Å². The number of aromatic nitrogens is 9. The van der Waals surface area contributed by atoms with Gasteiger partial charge in [-0.25, -0.2) is 44.9 Å². The molecule has 0 bridgehead atoms. The summed E-state index contributed by atoms with van der Waals surface area (Å²) >= 11 is 0. The van der Waals surface area contributed by atoms with Crippen molar-refractivity contribution in [1.82, 2.24) is 44.9 Å². The second kappa shape index (κ2) is 33.3. The van der Waals surface area contributed by atoms with E-state index in [0.717, 1.165) is 66.8 Å². The maximum atomic E-state index is 4.96. The van der Waals surface area contributed by atoms with Crippen molar-refractivity contribution in [2.45, 2.75) is 65.2 Å². The quantitative estimate of drug-likeness (QED) is 0.118. The van der Waals surface area contributed by atoms with Gasteiger partial charge in [0.15, 0.2) is 52.4 Å². The average molecular weight is 1670 g/mol. The number of benzene rings is 18. The molecule has 3 aromatic heterocycles. The minimum atomic E-state index is -0.0539. The van der Waals surface area contributed by atoms with E-state index in [2.05, 4.69) is 278 Å². The minimum Gasteiger partial charge on any atom is -0.208 e. The predicted octanol–water partition coefficient (Wildman–Crippen LogP) is 30.6. The molecular weight excluding hydrogens is 1580 g/mol. The lowest BCUT2D eigenvalue weighted by atomic mass is 9.81. The Hall–Kier alpha value is -16.2. The van der Waals surface area contributed by atoms with Crippen molar-refractivity contribution in [3.63, 3.8) is 0 Å². The highest BCUT2D eigenvalue weighted by molar-refractivity contribution is 6.03. The molecule has 0 aliphatic heterocycles. The van der Waals surface area contributed by atoms with Gasteiger partial charge in [0.25, 0.3) is 0 Å². The summed E-state index contributed by atoms with van der Waals surface area (Å²) in [5.41, 5.74) is 31.9. The molecule has 9 nitrogen and oxygen atoms in total. The molecule has 0 N–H and O–H groups in total. The van der Waals surface area contributed by atoms with Crippen LogP contribution in [0.2, 0.25) is 0 Å². The summed E-state index contributed by atoms with van der Waals surface area (Å²) in [6.07, 6.45) is 0. The topological polar surface area (TPSA) is 116 Å². The van der Waals surface area contributed by atoms with Gasteiger partial charge in [-0.3, -0.25) is 0 Å². The largest absolute Gasteiger partial charge is 0.208 e. The number of fused-ring (bicyclic) bond motifs is 12. The predicted molar refractivity (Wildman–Crippen MR) is 537 cm³/mol. The minimum absolute atomic E-state index is 0. The van der Waals surface area contributed by atoms with Crippen molar-refractivity contribution in [2.24, 2.45) is 0 Å². The summed E-state index contributed by atoms with van der Waals surface area (Å²) < 4.78 is 0. The summed E-state index contributed by atoms with van der Waals surface area (Å²) in [4.78, 5) is 44.2. The molecule has 0 spiro atoms. The van der Waals surface area contributed by atoms with E-state index in [1.165, 1.54) is 116 Å². The highest BCUT2D eigenvalue weighted by Crippen LogP contribution is 2.54. The van der Waals surface area contributed by atoms with Gasteiger partial charge in [-0.15, -0.1) is 0 Å². The highest BCUT2D eigenvalue weighted by atomic mass is 15.1. The van der Waals surface area contributed by atoms with Crippen LogP contribution in [0.4, 0.5) is 0 Å². The molecule has 3 heterocycles. The zero-order valence-electron chi connectivity index (χ0n) is 72.4. The van der Waals surface area contributed by atoms with E-state index in [4.69, 9.17) is 44.9 Å². The van der Waals surface area contributed by atoms with E-state index >= 15 is 0 Å². The van der Waals surface area contributed by atoms with Crippen LogP contribution in [0.5, 0.6) is 0 Å². The first-order valence-corrected chi connectivity index (χ1v) is 44.1. The van der Waals surface area contributed by atoms with Gasteiger partial charge in [-0.2, -0.15) is 0 Å². The zero-order valence-corrected chi connectivity index (χ0v) is 72.4. The van der Waals surface area contributed by atoms with E-state index in [-0.39, 0.29) is 23.7 Å². The van der Waals surface area contributed by atoms with Crippen molar-refractivity contribution >= 4 is 32.3 Å². The molecule has 21 aromatic rings. The molecule has 0 atom stereocenters. The van der Waals surface area contributed by atoms with Gasteiger partial charge in [0.1, 0.15) is 0 Å². The van der Waals surface area contributed by atoms with Gasteiger partial charge >= 0.3 is 0 Å². The van der Waals surface area contributed by atoms with Crippen molar-refractivity contribution in [1.29, 1.82) is 0 Å². The van der Waals surface area contributed by atoms with Crippen LogP contribution >= 0.6 is 0 Å². The lowest BCUT2D eigenvalue weighted by molar-refractivity contribution is 0.661. The molecule has 3 aliphatic carbocycles. The van der Waals surface area contributed by atoms with Crippen molar-refractivity contribution in [3.8, 4) is 169 Å². The molecule has 0 unspecified atom stereocenters. The van der Waals surface area contributed by atoms with Crippen LogP contribution in [0.1, 0.15) is 82.3 Å². The molecule has 0 amide bonds. The molecule has 620 valence electrons. The second-order valence-electron chi connectivity index (χ2n) is 35.2. The zero-order chi connectivity index (χ0) is 86.9. The highest BCUT2D eigenvalue weighted by Gasteiger charge is 2.39. The van der Waals surface area contributed by atoms with Crippen LogP contribution in [0.15, 0.2) is 419 Å². The van der Waals surface area contributed by atoms with Crippen LogP contribution in [0.25, 0.3) is 202 Å². The van der Waals surface area contributed by atoms with Crippen LogP contribution in [0, 0.1) is 0 Å². The van der Waals surface area contributed by atoms with Crippen LogP contribution in [0.3, 0.4) is 0 Å². The standard InChI is InChI=1S/3C40H29N3.CH4/c1-40(2)35-22-10-9-20-32(35)34-24-29-18-12-21-31(33(29)25-36(34)40)28-17-11-19-30(23-28)39-42-37(26-13-5-3-6-14-26)41-38(43-39)27-15-7-4-8-16-27;1-40(2)35-19-10-9-18-33(35)34-24-32-23-29(20-21-30(32)25-36(34)40)28-16-11-17-31(22-28)39-42-37(26-12-5-3-6-13-26)41-38(43-39)27-14-7-4-8-15-27;1-40(2)35-19-10-9-18-33(35)34-24-30-21-20-29(23-32(30)25-36(34)40)28-16-11-17-31(22-28)39-42-37(26-12-5-3-6-13-26)41-38(43-39)27-14-7-4-8-15-27;/h3*3-25H,1-2H3;1H4. The van der Waals surface area contributed by atoms with E-state index in [1.54, 1.807) is 0 Å². The van der Waals surface area contributed by atoms with Crippen molar-refractivity contribution < 1.29 is 0 Å². The lowest BCUT2D eigenvalue weighted by Gasteiger charge is -2.22. The fourth-order valence-corrected chi connectivity index (χ4v) is 19.3. The van der Waals surface area contributed by atoms with E-state index in [1.807, 2.05) is 182 Å². The molecule has 3 aliphatic rings. The Morgan fingerprint density at radius 3 is 0.723 bits per heavy atom. The first kappa shape index (κ1) is 80.9. The fourth-order valence-electron chi connectivity index (χ4n) is 19.3. The SMILES string of the molecule is C.CC1(C)c2ccccc2-c2cc3cc(-c4cccc(-c5nc(-c6ccccc6)nc(-c6ccccc6)n5)c4)ccc3cc21.CC1(C)c2ccccc2-c2cc3ccc(-c4cccc(-c5nc(-c6ccccc6)nc(-c6ccccc6)n5)c4)cc3cc21.CC1(C)c2ccccc2-c2cc3cccc(-c4cccc(-c5nc(-c6ccccc6)nc(-c6ccccc6)n5)c4)c3cc21. The molecule has 0 radical (unpaired) electrons. The Kier molecular flexibility index (Phi) is 20.7. The lowest BCUT2D eigenvalue weighted by Crippen LogP contribution is -2.14. The number of nitrogens with zero attached hydrogens (tertiary/aromatic N) is 9. The smallest absolute Gasteiger partial charge is 0.164 e. The molecule has 9 heteroatoms. The molecule has 0 saturated carbocycles. The summed E-state index contributed by atoms with van der Waals surface area (Å²) in [7, 11) is 0. The van der Waals surface area contributed by atoms with E-state index in [0.29, 0.717) is 52.4 Å². The molecule has 0 saturated heterocycles. The molecule has 24 rings (SSSR count). The summed E-state index contributed by atoms with van der Waals surface area (Å²) in [6.45, 7) is 14.0. The monoisotopic (exact) mass is 1670 g/mol. The maximum absolute atomic E-state index is 4.96. The summed E-state index contributed by atoms with van der Waals surface area (Å²) in [5, 5.41) is 7.50. The average Bonchev–Trinajstić information content (AvgIpc) is 1.58. The van der Waals surface area contributed by atoms with Gasteiger partial charge in [0.05, 0.1) is 0 Å².